The third kappa shape index (κ3) is 8.57. The maximum absolute atomic E-state index is 10.3. The van der Waals surface area contributed by atoms with Crippen molar-refractivity contribution in [2.24, 2.45) is 9.98 Å². The van der Waals surface area contributed by atoms with E-state index in [1.807, 2.05) is 52.0 Å². The summed E-state index contributed by atoms with van der Waals surface area (Å²) in [5, 5.41) is 29.0. The summed E-state index contributed by atoms with van der Waals surface area (Å²) in [7, 11) is 0. The van der Waals surface area contributed by atoms with E-state index >= 15 is 0 Å². The number of phenolic OH excluding ortho intramolecular Hbond substituents is 2. The van der Waals surface area contributed by atoms with E-state index in [-0.39, 0.29) is 28.9 Å². The predicted octanol–water partition coefficient (Wildman–Crippen LogP) is 6.56. The van der Waals surface area contributed by atoms with Crippen LogP contribution in [0.4, 0.5) is 0 Å². The molecule has 1 radical (unpaired) electrons. The predicted molar refractivity (Wildman–Crippen MR) is 150 cm³/mol. The Balaban J connectivity index is 0.000000430. The Kier molecular flexibility index (Phi) is 11.7. The summed E-state index contributed by atoms with van der Waals surface area (Å²) >= 11 is 0. The Morgan fingerprint density at radius 1 is 0.763 bits per heavy atom. The standard InChI is InChI=1S/C24H30N2O2.C7H6O2.Co/c1-15-9-17(3)23(27)19(11-15)13-25-21-7-5-6-8-22(21)26-14-20-12-16(2)10-18(4)24(20)28;8-7(9)6-4-2-1-3-5-6;/h9-14,21-22,27-28H,5-8H2,1-4H3;1-5H,(H,8,9);/t21-,22-;;/m0../s1. The van der Waals surface area contributed by atoms with Crippen molar-refractivity contribution in [1.82, 2.24) is 0 Å². The molecule has 3 aromatic rings. The molecule has 4 rings (SSSR count). The van der Waals surface area contributed by atoms with Crippen molar-refractivity contribution >= 4 is 18.4 Å². The fourth-order valence-electron chi connectivity index (χ4n) is 4.55. The molecule has 1 aliphatic rings. The number of aromatic carboxylic acids is 1. The number of aromatic hydroxyl groups is 2. The van der Waals surface area contributed by atoms with Gasteiger partial charge in [-0.25, -0.2) is 4.79 Å². The van der Waals surface area contributed by atoms with Crippen LogP contribution in [0.25, 0.3) is 0 Å². The summed E-state index contributed by atoms with van der Waals surface area (Å²) in [5.41, 5.74) is 5.81. The molecule has 7 heteroatoms. The number of hydrogen-bond acceptors (Lipinski definition) is 5. The third-order valence-electron chi connectivity index (χ3n) is 6.47. The van der Waals surface area contributed by atoms with Crippen LogP contribution >= 0.6 is 0 Å². The first kappa shape index (κ1) is 30.8. The van der Waals surface area contributed by atoms with Gasteiger partial charge in [0.1, 0.15) is 11.5 Å². The van der Waals surface area contributed by atoms with Gasteiger partial charge in [0.15, 0.2) is 0 Å². The molecule has 38 heavy (non-hydrogen) atoms. The van der Waals surface area contributed by atoms with E-state index in [0.717, 1.165) is 59.1 Å². The Bertz CT molecular complexity index is 1210. The zero-order valence-corrected chi connectivity index (χ0v) is 23.4. The minimum absolute atomic E-state index is 0. The molecule has 0 spiro atoms. The van der Waals surface area contributed by atoms with Crippen LogP contribution in [0.2, 0.25) is 0 Å². The number of carboxylic acid groups (broad SMARTS) is 1. The molecule has 2 atom stereocenters. The van der Waals surface area contributed by atoms with Crippen LogP contribution in [0, 0.1) is 27.7 Å². The molecule has 0 amide bonds. The normalized spacial score (nSPS) is 17.1. The van der Waals surface area contributed by atoms with Crippen molar-refractivity contribution in [1.29, 1.82) is 0 Å². The molecule has 0 aliphatic heterocycles. The second kappa shape index (κ2) is 14.5. The second-order valence-corrected chi connectivity index (χ2v) is 9.69. The number of phenols is 2. The Hall–Kier alpha value is -3.42. The average molecular weight is 560 g/mol. The molecule has 0 bridgehead atoms. The molecule has 0 heterocycles. The van der Waals surface area contributed by atoms with E-state index in [4.69, 9.17) is 15.1 Å². The molecule has 1 saturated carbocycles. The van der Waals surface area contributed by atoms with Gasteiger partial charge in [-0.05, 0) is 87.1 Å². The van der Waals surface area contributed by atoms with Gasteiger partial charge < -0.3 is 15.3 Å². The maximum atomic E-state index is 10.3. The van der Waals surface area contributed by atoms with Gasteiger partial charge in [-0.3, -0.25) is 9.98 Å². The molecule has 0 unspecified atom stereocenters. The fraction of sp³-hybridized carbons (Fsp3) is 0.323. The quantitative estimate of drug-likeness (QED) is 0.308. The van der Waals surface area contributed by atoms with E-state index in [1.54, 1.807) is 42.8 Å². The van der Waals surface area contributed by atoms with Crippen LogP contribution in [0.1, 0.15) is 69.4 Å². The average Bonchev–Trinajstić information content (AvgIpc) is 2.88. The van der Waals surface area contributed by atoms with Gasteiger partial charge in [0.25, 0.3) is 0 Å². The first-order valence-electron chi connectivity index (χ1n) is 12.6. The fourth-order valence-corrected chi connectivity index (χ4v) is 4.55. The zero-order chi connectivity index (χ0) is 26.9. The number of nitrogens with zero attached hydrogens (tertiary/aromatic N) is 2. The SMILES string of the molecule is Cc1cc(C)c(O)c(C=N[C@H]2CCCC[C@@H]2N=Cc2cc(C)cc(C)c2O)c1.O=C(O)c1ccccc1.[Co]. The summed E-state index contributed by atoms with van der Waals surface area (Å²) in [4.78, 5) is 19.8. The van der Waals surface area contributed by atoms with Gasteiger partial charge in [-0.15, -0.1) is 0 Å². The molecule has 0 saturated heterocycles. The number of carboxylic acids is 1. The molecule has 1 aliphatic carbocycles. The number of rotatable bonds is 5. The van der Waals surface area contributed by atoms with Crippen LogP contribution in [0.3, 0.4) is 0 Å². The van der Waals surface area contributed by atoms with Crippen LogP contribution < -0.4 is 0 Å². The second-order valence-electron chi connectivity index (χ2n) is 9.69. The third-order valence-corrected chi connectivity index (χ3v) is 6.47. The summed E-state index contributed by atoms with van der Waals surface area (Å²) in [6, 6.07) is 16.3. The monoisotopic (exact) mass is 559 g/mol. The minimum Gasteiger partial charge on any atom is -0.507 e. The van der Waals surface area contributed by atoms with Gasteiger partial charge in [-0.1, -0.05) is 43.2 Å². The van der Waals surface area contributed by atoms with E-state index in [2.05, 4.69) is 0 Å². The molecule has 1 fully saturated rings. The first-order valence-corrected chi connectivity index (χ1v) is 12.6. The van der Waals surface area contributed by atoms with Crippen molar-refractivity contribution in [3.8, 4) is 11.5 Å². The molecular formula is C31H36CoN2O4. The molecule has 203 valence electrons. The van der Waals surface area contributed by atoms with Gasteiger partial charge >= 0.3 is 5.97 Å². The summed E-state index contributed by atoms with van der Waals surface area (Å²) in [5.74, 6) is -0.286. The van der Waals surface area contributed by atoms with Crippen LogP contribution in [0.15, 0.2) is 64.6 Å². The number of aliphatic imine (C=N–C) groups is 2. The molecule has 0 aromatic heterocycles. The van der Waals surface area contributed by atoms with Gasteiger partial charge in [0.05, 0.1) is 17.6 Å². The summed E-state index contributed by atoms with van der Waals surface area (Å²) < 4.78 is 0. The molecule has 6 nitrogen and oxygen atoms in total. The number of hydrogen-bond donors (Lipinski definition) is 3. The molecule has 3 aromatic carbocycles. The van der Waals surface area contributed by atoms with Crippen molar-refractivity contribution in [3.05, 3.63) is 93.5 Å². The smallest absolute Gasteiger partial charge is 0.335 e. The van der Waals surface area contributed by atoms with Crippen molar-refractivity contribution in [2.45, 2.75) is 65.5 Å². The maximum Gasteiger partial charge on any atom is 0.335 e. The van der Waals surface area contributed by atoms with Crippen molar-refractivity contribution in [3.63, 3.8) is 0 Å². The first-order chi connectivity index (χ1) is 17.7. The number of carbonyl (C=O) groups is 1. The largest absolute Gasteiger partial charge is 0.507 e. The zero-order valence-electron chi connectivity index (χ0n) is 22.3. The Morgan fingerprint density at radius 3 is 1.55 bits per heavy atom. The molecule has 3 N–H and O–H groups in total. The summed E-state index contributed by atoms with van der Waals surface area (Å²) in [6.07, 6.45) is 7.85. The van der Waals surface area contributed by atoms with E-state index in [9.17, 15) is 15.0 Å². The van der Waals surface area contributed by atoms with E-state index < -0.39 is 5.97 Å². The Morgan fingerprint density at radius 2 is 1.18 bits per heavy atom. The van der Waals surface area contributed by atoms with Crippen LogP contribution in [-0.2, 0) is 16.8 Å². The molecular weight excluding hydrogens is 523 g/mol. The number of benzene rings is 3. The Labute approximate surface area is 235 Å². The van der Waals surface area contributed by atoms with Crippen LogP contribution in [-0.4, -0.2) is 45.8 Å². The van der Waals surface area contributed by atoms with Crippen LogP contribution in [0.5, 0.6) is 11.5 Å². The minimum atomic E-state index is -0.879. The van der Waals surface area contributed by atoms with Gasteiger partial charge in [0, 0.05) is 40.3 Å². The summed E-state index contributed by atoms with van der Waals surface area (Å²) in [6.45, 7) is 7.86. The van der Waals surface area contributed by atoms with Crippen molar-refractivity contribution in [2.75, 3.05) is 0 Å². The van der Waals surface area contributed by atoms with E-state index in [1.165, 1.54) is 0 Å². The van der Waals surface area contributed by atoms with Gasteiger partial charge in [-0.2, -0.15) is 0 Å². The number of aryl methyl sites for hydroxylation is 4. The topological polar surface area (TPSA) is 102 Å². The van der Waals surface area contributed by atoms with Crippen molar-refractivity contribution < 1.29 is 36.9 Å². The van der Waals surface area contributed by atoms with E-state index in [0.29, 0.717) is 17.1 Å². The van der Waals surface area contributed by atoms with Gasteiger partial charge in [0.2, 0.25) is 0 Å².